The van der Waals surface area contributed by atoms with Crippen LogP contribution in [0.25, 0.3) is 0 Å². The molecule has 108 valence electrons. The summed E-state index contributed by atoms with van der Waals surface area (Å²) >= 11 is 11.7. The predicted molar refractivity (Wildman–Crippen MR) is 76.4 cm³/mol. The number of H-pyrrole nitrogens is 1. The molecule has 0 amide bonds. The number of benzene rings is 1. The smallest absolute Gasteiger partial charge is 0.242 e. The fraction of sp³-hybridized carbons (Fsp3) is 0.273. The summed E-state index contributed by atoms with van der Waals surface area (Å²) in [5.74, 6) is 0.713. The zero-order valence-electron chi connectivity index (χ0n) is 10.3. The van der Waals surface area contributed by atoms with Crippen LogP contribution >= 0.6 is 23.2 Å². The number of halogens is 2. The van der Waals surface area contributed by atoms with Crippen LogP contribution in [0.2, 0.25) is 10.0 Å². The first-order chi connectivity index (χ1) is 9.49. The molecule has 1 aromatic carbocycles. The van der Waals surface area contributed by atoms with Gasteiger partial charge in [0.1, 0.15) is 17.0 Å². The van der Waals surface area contributed by atoms with Gasteiger partial charge in [0.25, 0.3) is 0 Å². The maximum Gasteiger partial charge on any atom is 0.242 e. The Morgan fingerprint density at radius 3 is 2.80 bits per heavy atom. The van der Waals surface area contributed by atoms with E-state index in [1.54, 1.807) is 0 Å². The lowest BCUT2D eigenvalue weighted by Crippen LogP contribution is -2.25. The first-order valence-electron chi connectivity index (χ1n) is 5.78. The van der Waals surface area contributed by atoms with Gasteiger partial charge in [-0.3, -0.25) is 5.10 Å². The molecule has 0 atom stereocenters. The Morgan fingerprint density at radius 2 is 2.10 bits per heavy atom. The average molecular weight is 335 g/mol. The van der Waals surface area contributed by atoms with Crippen LogP contribution in [0.15, 0.2) is 29.4 Å². The van der Waals surface area contributed by atoms with Crippen molar-refractivity contribution in [3.05, 3.63) is 40.4 Å². The molecule has 0 radical (unpaired) electrons. The topological polar surface area (TPSA) is 87.7 Å². The highest BCUT2D eigenvalue weighted by Gasteiger charge is 2.17. The molecule has 0 saturated heterocycles. The average Bonchev–Trinajstić information content (AvgIpc) is 2.90. The van der Waals surface area contributed by atoms with Gasteiger partial charge in [0.2, 0.25) is 10.0 Å². The molecule has 1 aromatic heterocycles. The number of aromatic amines is 1. The zero-order valence-corrected chi connectivity index (χ0v) is 12.6. The first-order valence-corrected chi connectivity index (χ1v) is 8.02. The maximum atomic E-state index is 12.1. The van der Waals surface area contributed by atoms with Crippen molar-refractivity contribution in [2.24, 2.45) is 0 Å². The van der Waals surface area contributed by atoms with Gasteiger partial charge in [-0.15, -0.1) is 0 Å². The van der Waals surface area contributed by atoms with Crippen LogP contribution in [-0.4, -0.2) is 30.1 Å². The van der Waals surface area contributed by atoms with Gasteiger partial charge in [0.05, 0.1) is 5.02 Å². The molecule has 2 aromatic rings. The lowest BCUT2D eigenvalue weighted by molar-refractivity contribution is 0.578. The molecule has 0 saturated carbocycles. The van der Waals surface area contributed by atoms with Crippen molar-refractivity contribution in [2.75, 3.05) is 6.54 Å². The summed E-state index contributed by atoms with van der Waals surface area (Å²) in [6, 6.07) is 4.31. The molecule has 0 fully saturated rings. The van der Waals surface area contributed by atoms with Crippen LogP contribution in [0, 0.1) is 0 Å². The minimum absolute atomic E-state index is 0.0219. The van der Waals surface area contributed by atoms with Gasteiger partial charge in [-0.2, -0.15) is 5.10 Å². The third-order valence-electron chi connectivity index (χ3n) is 2.53. The molecule has 0 aliphatic rings. The van der Waals surface area contributed by atoms with Gasteiger partial charge in [-0.25, -0.2) is 18.1 Å². The van der Waals surface area contributed by atoms with Gasteiger partial charge in [-0.1, -0.05) is 23.2 Å². The number of rotatable bonds is 6. The van der Waals surface area contributed by atoms with E-state index in [1.165, 1.54) is 24.5 Å². The van der Waals surface area contributed by atoms with Crippen molar-refractivity contribution in [2.45, 2.75) is 17.7 Å². The molecular formula is C11H12Cl2N4O2S. The molecule has 6 nitrogen and oxygen atoms in total. The fourth-order valence-electron chi connectivity index (χ4n) is 1.57. The highest BCUT2D eigenvalue weighted by Crippen LogP contribution is 2.24. The van der Waals surface area contributed by atoms with Crippen molar-refractivity contribution in [1.29, 1.82) is 0 Å². The number of aryl methyl sites for hydroxylation is 1. The second-order valence-electron chi connectivity index (χ2n) is 4.01. The second-order valence-corrected chi connectivity index (χ2v) is 6.59. The molecule has 1 heterocycles. The molecule has 0 unspecified atom stereocenters. The van der Waals surface area contributed by atoms with Gasteiger partial charge in [0.15, 0.2) is 0 Å². The summed E-state index contributed by atoms with van der Waals surface area (Å²) in [7, 11) is -3.67. The van der Waals surface area contributed by atoms with Crippen LogP contribution in [0.4, 0.5) is 0 Å². The van der Waals surface area contributed by atoms with E-state index >= 15 is 0 Å². The lowest BCUT2D eigenvalue weighted by atomic mass is 10.3. The second kappa shape index (κ2) is 6.53. The molecule has 0 aliphatic carbocycles. The van der Waals surface area contributed by atoms with Crippen LogP contribution < -0.4 is 4.72 Å². The summed E-state index contributed by atoms with van der Waals surface area (Å²) in [6.45, 7) is 0.270. The van der Waals surface area contributed by atoms with Gasteiger partial charge in [-0.05, 0) is 24.6 Å². The number of sulfonamides is 1. The molecule has 9 heteroatoms. The van der Waals surface area contributed by atoms with E-state index in [0.29, 0.717) is 23.7 Å². The number of nitrogens with zero attached hydrogens (tertiary/aromatic N) is 2. The molecule has 2 N–H and O–H groups in total. The summed E-state index contributed by atoms with van der Waals surface area (Å²) in [6.07, 6.45) is 2.60. The van der Waals surface area contributed by atoms with Gasteiger partial charge >= 0.3 is 0 Å². The number of aromatic nitrogens is 3. The number of hydrogen-bond acceptors (Lipinski definition) is 4. The van der Waals surface area contributed by atoms with E-state index in [9.17, 15) is 8.42 Å². The van der Waals surface area contributed by atoms with E-state index in [4.69, 9.17) is 23.2 Å². The zero-order chi connectivity index (χ0) is 14.6. The third kappa shape index (κ3) is 3.92. The van der Waals surface area contributed by atoms with Gasteiger partial charge < -0.3 is 0 Å². The Hall–Kier alpha value is -1.15. The Bertz CT molecular complexity index is 674. The number of hydrogen-bond donors (Lipinski definition) is 2. The monoisotopic (exact) mass is 334 g/mol. The van der Waals surface area contributed by atoms with E-state index in [2.05, 4.69) is 19.9 Å². The van der Waals surface area contributed by atoms with E-state index < -0.39 is 10.0 Å². The van der Waals surface area contributed by atoms with E-state index in [0.717, 1.165) is 0 Å². The minimum atomic E-state index is -3.67. The summed E-state index contributed by atoms with van der Waals surface area (Å²) in [5.41, 5.74) is 0. The Morgan fingerprint density at radius 1 is 1.30 bits per heavy atom. The van der Waals surface area contributed by atoms with Crippen LogP contribution in [0.5, 0.6) is 0 Å². The first kappa shape index (κ1) is 15.2. The van der Waals surface area contributed by atoms with Crippen LogP contribution in [0.1, 0.15) is 12.2 Å². The minimum Gasteiger partial charge on any atom is -0.263 e. The Balaban J connectivity index is 1.95. The normalized spacial score (nSPS) is 11.7. The molecule has 2 rings (SSSR count). The SMILES string of the molecule is O=S(=O)(NCCCc1ncn[nH]1)c1cc(Cl)ccc1Cl. The molecule has 0 spiro atoms. The van der Waals surface area contributed by atoms with E-state index in [1.807, 2.05) is 0 Å². The lowest BCUT2D eigenvalue weighted by Gasteiger charge is -2.08. The van der Waals surface area contributed by atoms with Crippen LogP contribution in [0.3, 0.4) is 0 Å². The van der Waals surface area contributed by atoms with Gasteiger partial charge in [0, 0.05) is 18.0 Å². The molecule has 20 heavy (non-hydrogen) atoms. The Kier molecular flexibility index (Phi) is 4.98. The molecular weight excluding hydrogens is 323 g/mol. The maximum absolute atomic E-state index is 12.1. The Labute approximate surface area is 126 Å². The quantitative estimate of drug-likeness (QED) is 0.791. The molecule has 0 aliphatic heterocycles. The van der Waals surface area contributed by atoms with Crippen LogP contribution in [-0.2, 0) is 16.4 Å². The highest BCUT2D eigenvalue weighted by molar-refractivity contribution is 7.89. The predicted octanol–water partition coefficient (Wildman–Crippen LogP) is 2.02. The van der Waals surface area contributed by atoms with Crippen molar-refractivity contribution in [1.82, 2.24) is 19.9 Å². The largest absolute Gasteiger partial charge is 0.263 e. The summed E-state index contributed by atoms with van der Waals surface area (Å²) in [4.78, 5) is 3.93. The fourth-order valence-corrected chi connectivity index (χ4v) is 3.41. The highest BCUT2D eigenvalue weighted by atomic mass is 35.5. The third-order valence-corrected chi connectivity index (χ3v) is 4.71. The standard InChI is InChI=1S/C11H12Cl2N4O2S/c12-8-3-4-9(13)10(6-8)20(18,19)16-5-1-2-11-14-7-15-17-11/h3-4,6-7,16H,1-2,5H2,(H,14,15,17). The van der Waals surface area contributed by atoms with E-state index in [-0.39, 0.29) is 16.5 Å². The molecule has 0 bridgehead atoms. The van der Waals surface area contributed by atoms with Crippen molar-refractivity contribution < 1.29 is 8.42 Å². The summed E-state index contributed by atoms with van der Waals surface area (Å²) < 4.78 is 26.6. The van der Waals surface area contributed by atoms with Crippen molar-refractivity contribution >= 4 is 33.2 Å². The number of nitrogens with one attached hydrogen (secondary N) is 2. The summed E-state index contributed by atoms with van der Waals surface area (Å²) in [5, 5.41) is 6.87. The van der Waals surface area contributed by atoms with Crippen molar-refractivity contribution in [3.8, 4) is 0 Å². The van der Waals surface area contributed by atoms with Crippen molar-refractivity contribution in [3.63, 3.8) is 0 Å².